The fourth-order valence-corrected chi connectivity index (χ4v) is 3.71. The van der Waals surface area contributed by atoms with Gasteiger partial charge in [0.05, 0.1) is 6.04 Å². The Kier molecular flexibility index (Phi) is 5.41. The second-order valence-corrected chi connectivity index (χ2v) is 7.19. The minimum Gasteiger partial charge on any atom is -0.368 e. The zero-order valence-electron chi connectivity index (χ0n) is 15.2. The molecule has 1 amide bonds. The van der Waals surface area contributed by atoms with Crippen molar-refractivity contribution in [2.75, 3.05) is 50.7 Å². The van der Waals surface area contributed by atoms with E-state index >= 15 is 0 Å². The summed E-state index contributed by atoms with van der Waals surface area (Å²) in [6, 6.07) is 8.95. The Morgan fingerprint density at radius 3 is 2.50 bits per heavy atom. The van der Waals surface area contributed by atoms with Gasteiger partial charge in [0.1, 0.15) is 0 Å². The third-order valence-electron chi connectivity index (χ3n) is 5.28. The number of rotatable bonds is 3. The Morgan fingerprint density at radius 2 is 1.83 bits per heavy atom. The number of carbonyl (C=O) groups is 1. The minimum atomic E-state index is -0.0499. The predicted octanol–water partition coefficient (Wildman–Crippen LogP) is 1.33. The second kappa shape index (κ2) is 7.53. The van der Waals surface area contributed by atoms with Gasteiger partial charge in [0.2, 0.25) is 5.91 Å². The molecular weight excluding hydrogens is 300 g/mol. The normalized spacial score (nSPS) is 22.9. The molecule has 0 saturated carbocycles. The number of amides is 1. The lowest BCUT2D eigenvalue weighted by molar-refractivity contribution is -0.135. The number of aryl methyl sites for hydroxylation is 1. The van der Waals surface area contributed by atoms with Crippen molar-refractivity contribution in [3.05, 3.63) is 29.8 Å². The molecule has 2 aliphatic heterocycles. The number of nitrogens with zero attached hydrogens (tertiary/aromatic N) is 3. The molecular formula is C19H30N4O. The lowest BCUT2D eigenvalue weighted by atomic mass is 10.1. The van der Waals surface area contributed by atoms with Gasteiger partial charge in [-0.2, -0.15) is 0 Å². The van der Waals surface area contributed by atoms with Crippen molar-refractivity contribution in [3.63, 3.8) is 0 Å². The predicted molar refractivity (Wildman–Crippen MR) is 98.5 cm³/mol. The Morgan fingerprint density at radius 1 is 1.12 bits per heavy atom. The van der Waals surface area contributed by atoms with Crippen molar-refractivity contribution in [2.24, 2.45) is 0 Å². The van der Waals surface area contributed by atoms with E-state index in [0.29, 0.717) is 6.04 Å². The van der Waals surface area contributed by atoms with Crippen molar-refractivity contribution in [3.8, 4) is 0 Å². The van der Waals surface area contributed by atoms with E-state index < -0.39 is 0 Å². The van der Waals surface area contributed by atoms with Gasteiger partial charge >= 0.3 is 0 Å². The van der Waals surface area contributed by atoms with E-state index in [-0.39, 0.29) is 11.9 Å². The number of nitrogens with one attached hydrogen (secondary N) is 1. The van der Waals surface area contributed by atoms with Crippen molar-refractivity contribution in [2.45, 2.75) is 32.9 Å². The Hall–Kier alpha value is -1.59. The maximum atomic E-state index is 12.8. The van der Waals surface area contributed by atoms with Gasteiger partial charge in [0, 0.05) is 57.5 Å². The summed E-state index contributed by atoms with van der Waals surface area (Å²) in [6.07, 6.45) is 0. The fourth-order valence-electron chi connectivity index (χ4n) is 3.71. The highest BCUT2D eigenvalue weighted by Crippen LogP contribution is 2.21. The first kappa shape index (κ1) is 17.2. The van der Waals surface area contributed by atoms with Crippen LogP contribution >= 0.6 is 0 Å². The van der Waals surface area contributed by atoms with Crippen LogP contribution in [0.15, 0.2) is 24.3 Å². The third-order valence-corrected chi connectivity index (χ3v) is 5.28. The van der Waals surface area contributed by atoms with E-state index in [2.05, 4.69) is 60.2 Å². The van der Waals surface area contributed by atoms with Crippen molar-refractivity contribution in [1.82, 2.24) is 15.1 Å². The molecule has 132 valence electrons. The average molecular weight is 330 g/mol. The summed E-state index contributed by atoms with van der Waals surface area (Å²) in [6.45, 7) is 12.8. The van der Waals surface area contributed by atoms with Crippen molar-refractivity contribution < 1.29 is 4.79 Å². The number of hydrogen-bond acceptors (Lipinski definition) is 4. The maximum Gasteiger partial charge on any atom is 0.241 e. The van der Waals surface area contributed by atoms with Gasteiger partial charge in [-0.25, -0.2) is 0 Å². The maximum absolute atomic E-state index is 12.8. The molecule has 5 nitrogen and oxygen atoms in total. The average Bonchev–Trinajstić information content (AvgIpc) is 2.62. The molecule has 5 heteroatoms. The number of para-hydroxylation sites is 1. The molecule has 1 atom stereocenters. The van der Waals surface area contributed by atoms with Gasteiger partial charge in [-0.15, -0.1) is 0 Å². The van der Waals surface area contributed by atoms with Gasteiger partial charge in [0.15, 0.2) is 0 Å². The number of carbonyl (C=O) groups excluding carboxylic acids is 1. The SMILES string of the molecule is Cc1ccccc1N1CCN(C(=O)[C@H]2CN(C(C)C)CCN2)CC1. The van der Waals surface area contributed by atoms with Gasteiger partial charge in [0.25, 0.3) is 0 Å². The smallest absolute Gasteiger partial charge is 0.241 e. The molecule has 0 unspecified atom stereocenters. The summed E-state index contributed by atoms with van der Waals surface area (Å²) in [5.41, 5.74) is 2.60. The molecule has 2 fully saturated rings. The van der Waals surface area contributed by atoms with Gasteiger partial charge in [-0.1, -0.05) is 18.2 Å². The van der Waals surface area contributed by atoms with Crippen LogP contribution in [0, 0.1) is 6.92 Å². The highest BCUT2D eigenvalue weighted by atomic mass is 16.2. The molecule has 24 heavy (non-hydrogen) atoms. The van der Waals surface area contributed by atoms with Crippen molar-refractivity contribution >= 4 is 11.6 Å². The first-order valence-corrected chi connectivity index (χ1v) is 9.13. The van der Waals surface area contributed by atoms with Crippen LogP contribution in [0.3, 0.4) is 0 Å². The Labute approximate surface area is 145 Å². The van der Waals surface area contributed by atoms with Crippen LogP contribution in [-0.2, 0) is 4.79 Å². The lowest BCUT2D eigenvalue weighted by Gasteiger charge is -2.41. The van der Waals surface area contributed by atoms with Crippen LogP contribution in [0.4, 0.5) is 5.69 Å². The molecule has 1 aromatic rings. The molecule has 3 rings (SSSR count). The van der Waals surface area contributed by atoms with E-state index in [1.54, 1.807) is 0 Å². The summed E-state index contributed by atoms with van der Waals surface area (Å²) in [7, 11) is 0. The molecule has 2 heterocycles. The number of benzene rings is 1. The summed E-state index contributed by atoms with van der Waals surface area (Å²) in [5.74, 6) is 0.268. The number of anilines is 1. The largest absolute Gasteiger partial charge is 0.368 e. The quantitative estimate of drug-likeness (QED) is 0.907. The van der Waals surface area contributed by atoms with Crippen LogP contribution in [0.2, 0.25) is 0 Å². The fraction of sp³-hybridized carbons (Fsp3) is 0.632. The summed E-state index contributed by atoms with van der Waals surface area (Å²) in [5, 5.41) is 3.41. The minimum absolute atomic E-state index is 0.0499. The van der Waals surface area contributed by atoms with Gasteiger partial charge in [-0.05, 0) is 32.4 Å². The molecule has 0 radical (unpaired) electrons. The van der Waals surface area contributed by atoms with Crippen LogP contribution in [0.5, 0.6) is 0 Å². The van der Waals surface area contributed by atoms with Crippen molar-refractivity contribution in [1.29, 1.82) is 0 Å². The third kappa shape index (κ3) is 3.73. The number of hydrogen-bond donors (Lipinski definition) is 1. The Balaban J connectivity index is 1.56. The van der Waals surface area contributed by atoms with Gasteiger partial charge in [-0.3, -0.25) is 9.69 Å². The monoisotopic (exact) mass is 330 g/mol. The zero-order valence-corrected chi connectivity index (χ0v) is 15.2. The molecule has 2 aliphatic rings. The van der Waals surface area contributed by atoms with E-state index in [0.717, 1.165) is 45.8 Å². The Bertz CT molecular complexity index is 566. The molecule has 2 saturated heterocycles. The van der Waals surface area contributed by atoms with Crippen LogP contribution < -0.4 is 10.2 Å². The van der Waals surface area contributed by atoms with Crippen LogP contribution in [-0.4, -0.2) is 73.6 Å². The highest BCUT2D eigenvalue weighted by molar-refractivity contribution is 5.82. The molecule has 0 bridgehead atoms. The van der Waals surface area contributed by atoms with Crippen LogP contribution in [0.1, 0.15) is 19.4 Å². The van der Waals surface area contributed by atoms with E-state index in [9.17, 15) is 4.79 Å². The molecule has 1 aromatic carbocycles. The first-order valence-electron chi connectivity index (χ1n) is 9.13. The van der Waals surface area contributed by atoms with Gasteiger partial charge < -0.3 is 15.1 Å². The summed E-state index contributed by atoms with van der Waals surface area (Å²) >= 11 is 0. The van der Waals surface area contributed by atoms with Crippen LogP contribution in [0.25, 0.3) is 0 Å². The molecule has 0 spiro atoms. The van der Waals surface area contributed by atoms with E-state index in [1.165, 1.54) is 11.3 Å². The summed E-state index contributed by atoms with van der Waals surface area (Å²) < 4.78 is 0. The number of piperazine rings is 2. The summed E-state index contributed by atoms with van der Waals surface area (Å²) in [4.78, 5) is 19.7. The van der Waals surface area contributed by atoms with E-state index in [1.807, 2.05) is 4.90 Å². The standard InChI is InChI=1S/C19H30N4O/c1-15(2)23-9-8-20-17(14-23)19(24)22-12-10-21(11-13-22)18-7-5-4-6-16(18)3/h4-7,15,17,20H,8-14H2,1-3H3/t17-/m1/s1. The molecule has 1 N–H and O–H groups in total. The second-order valence-electron chi connectivity index (χ2n) is 7.19. The first-order chi connectivity index (χ1) is 11.6. The molecule has 0 aliphatic carbocycles. The van der Waals surface area contributed by atoms with E-state index in [4.69, 9.17) is 0 Å². The topological polar surface area (TPSA) is 38.8 Å². The molecule has 0 aromatic heterocycles. The highest BCUT2D eigenvalue weighted by Gasteiger charge is 2.31. The lowest BCUT2D eigenvalue weighted by Crippen LogP contribution is -2.61. The zero-order chi connectivity index (χ0) is 17.1.